The molecule has 3 N–H and O–H groups in total. The molecule has 0 aliphatic heterocycles. The van der Waals surface area contributed by atoms with Crippen molar-refractivity contribution in [2.24, 2.45) is 0 Å². The lowest BCUT2D eigenvalue weighted by Gasteiger charge is -2.09. The van der Waals surface area contributed by atoms with E-state index >= 15 is 0 Å². The Hall–Kier alpha value is -3.41. The molecule has 6 heteroatoms. The summed E-state index contributed by atoms with van der Waals surface area (Å²) in [7, 11) is 0. The van der Waals surface area contributed by atoms with Crippen LogP contribution in [0.1, 0.15) is 15.9 Å². The van der Waals surface area contributed by atoms with Crippen LogP contribution in [0.25, 0.3) is 0 Å². The molecule has 6 nitrogen and oxygen atoms in total. The number of nitrogens with zero attached hydrogens (tertiary/aromatic N) is 2. The van der Waals surface area contributed by atoms with Crippen molar-refractivity contribution >= 4 is 29.1 Å². The zero-order valence-corrected chi connectivity index (χ0v) is 13.0. The van der Waals surface area contributed by atoms with Gasteiger partial charge >= 0.3 is 5.97 Å². The van der Waals surface area contributed by atoms with E-state index in [0.29, 0.717) is 17.5 Å². The lowest BCUT2D eigenvalue weighted by Crippen LogP contribution is -2.01. The number of anilines is 4. The fraction of sp³-hybridized carbons (Fsp3) is 0.0556. The third-order valence-corrected chi connectivity index (χ3v) is 3.31. The van der Waals surface area contributed by atoms with E-state index in [2.05, 4.69) is 20.6 Å². The number of carbonyl (C=O) groups is 1. The van der Waals surface area contributed by atoms with Gasteiger partial charge in [0.2, 0.25) is 5.95 Å². The molecule has 0 aliphatic rings. The summed E-state index contributed by atoms with van der Waals surface area (Å²) in [5.74, 6) is 0.0609. The standard InChI is InChI=1S/C18H16N4O2/c1-12-4-2-6-14(10-12)21-18-19-9-8-16(22-18)20-15-7-3-5-13(11-15)17(23)24/h2-11H,1H3,(H,23,24)(H2,19,20,21,22). The minimum absolute atomic E-state index is 0.215. The molecule has 0 spiro atoms. The van der Waals surface area contributed by atoms with Gasteiger partial charge < -0.3 is 15.7 Å². The summed E-state index contributed by atoms with van der Waals surface area (Å²) >= 11 is 0. The Labute approximate surface area is 139 Å². The van der Waals surface area contributed by atoms with Gasteiger partial charge in [0.05, 0.1) is 5.56 Å². The summed E-state index contributed by atoms with van der Waals surface area (Å²) in [5, 5.41) is 15.3. The molecule has 1 aromatic heterocycles. The second-order valence-electron chi connectivity index (χ2n) is 5.27. The van der Waals surface area contributed by atoms with Gasteiger partial charge in [0.15, 0.2) is 0 Å². The number of hydrogen-bond acceptors (Lipinski definition) is 5. The Morgan fingerprint density at radius 3 is 2.50 bits per heavy atom. The van der Waals surface area contributed by atoms with Crippen molar-refractivity contribution in [2.75, 3.05) is 10.6 Å². The largest absolute Gasteiger partial charge is 0.478 e. The Morgan fingerprint density at radius 1 is 1.00 bits per heavy atom. The average molecular weight is 320 g/mol. The van der Waals surface area contributed by atoms with Gasteiger partial charge in [-0.3, -0.25) is 0 Å². The van der Waals surface area contributed by atoms with E-state index in [1.165, 1.54) is 6.07 Å². The summed E-state index contributed by atoms with van der Waals surface area (Å²) < 4.78 is 0. The number of carboxylic acid groups (broad SMARTS) is 1. The number of nitrogens with one attached hydrogen (secondary N) is 2. The van der Waals surface area contributed by atoms with Crippen LogP contribution in [0.5, 0.6) is 0 Å². The summed E-state index contributed by atoms with van der Waals surface area (Å²) in [6, 6.07) is 16.2. The van der Waals surface area contributed by atoms with Gasteiger partial charge in [-0.15, -0.1) is 0 Å². The van der Waals surface area contributed by atoms with Crippen LogP contribution in [0, 0.1) is 6.92 Å². The number of rotatable bonds is 5. The zero-order valence-electron chi connectivity index (χ0n) is 13.0. The molecule has 0 atom stereocenters. The van der Waals surface area contributed by atoms with E-state index in [9.17, 15) is 4.79 Å². The van der Waals surface area contributed by atoms with Gasteiger partial charge in [0.25, 0.3) is 0 Å². The minimum atomic E-state index is -0.969. The highest BCUT2D eigenvalue weighted by atomic mass is 16.4. The Morgan fingerprint density at radius 2 is 1.75 bits per heavy atom. The summed E-state index contributed by atoms with van der Waals surface area (Å²) in [6.07, 6.45) is 1.63. The monoisotopic (exact) mass is 320 g/mol. The Kier molecular flexibility index (Phi) is 4.38. The van der Waals surface area contributed by atoms with Crippen LogP contribution in [-0.4, -0.2) is 21.0 Å². The quantitative estimate of drug-likeness (QED) is 0.659. The van der Waals surface area contributed by atoms with Crippen LogP contribution in [0.4, 0.5) is 23.1 Å². The molecule has 0 fully saturated rings. The smallest absolute Gasteiger partial charge is 0.335 e. The second-order valence-corrected chi connectivity index (χ2v) is 5.27. The highest BCUT2D eigenvalue weighted by Gasteiger charge is 2.05. The summed E-state index contributed by atoms with van der Waals surface area (Å²) in [4.78, 5) is 19.6. The van der Waals surface area contributed by atoms with Gasteiger partial charge in [0.1, 0.15) is 5.82 Å². The van der Waals surface area contributed by atoms with Crippen LogP contribution in [-0.2, 0) is 0 Å². The topological polar surface area (TPSA) is 87.1 Å². The van der Waals surface area contributed by atoms with E-state index in [1.807, 2.05) is 31.2 Å². The molecule has 0 amide bonds. The molecule has 0 saturated heterocycles. The summed E-state index contributed by atoms with van der Waals surface area (Å²) in [5.41, 5.74) is 2.90. The molecule has 120 valence electrons. The first-order valence-corrected chi connectivity index (χ1v) is 7.37. The molecule has 0 radical (unpaired) electrons. The van der Waals surface area contributed by atoms with E-state index in [1.54, 1.807) is 30.5 Å². The zero-order chi connectivity index (χ0) is 16.9. The van der Waals surface area contributed by atoms with Crippen molar-refractivity contribution in [3.05, 3.63) is 71.9 Å². The fourth-order valence-electron chi connectivity index (χ4n) is 2.22. The SMILES string of the molecule is Cc1cccc(Nc2nccc(Nc3cccc(C(=O)O)c3)n2)c1. The maximum absolute atomic E-state index is 11.0. The lowest BCUT2D eigenvalue weighted by molar-refractivity contribution is 0.0697. The molecule has 0 unspecified atom stereocenters. The third kappa shape index (κ3) is 3.86. The van der Waals surface area contributed by atoms with Gasteiger partial charge in [-0.05, 0) is 48.9 Å². The fourth-order valence-corrected chi connectivity index (χ4v) is 2.22. The number of benzene rings is 2. The van der Waals surface area contributed by atoms with Crippen molar-refractivity contribution < 1.29 is 9.90 Å². The molecule has 1 heterocycles. The van der Waals surface area contributed by atoms with Crippen molar-refractivity contribution in [2.45, 2.75) is 6.92 Å². The van der Waals surface area contributed by atoms with Crippen molar-refractivity contribution in [3.8, 4) is 0 Å². The van der Waals surface area contributed by atoms with Crippen LogP contribution in [0.15, 0.2) is 60.8 Å². The van der Waals surface area contributed by atoms with E-state index < -0.39 is 5.97 Å². The number of carboxylic acids is 1. The minimum Gasteiger partial charge on any atom is -0.478 e. The molecule has 3 aromatic rings. The molecule has 3 rings (SSSR count). The first-order valence-electron chi connectivity index (χ1n) is 7.37. The van der Waals surface area contributed by atoms with Crippen LogP contribution in [0.2, 0.25) is 0 Å². The molecule has 0 saturated carbocycles. The van der Waals surface area contributed by atoms with Crippen LogP contribution >= 0.6 is 0 Å². The Bertz CT molecular complexity index is 880. The van der Waals surface area contributed by atoms with E-state index in [0.717, 1.165) is 11.3 Å². The maximum atomic E-state index is 11.0. The van der Waals surface area contributed by atoms with Crippen molar-refractivity contribution in [3.63, 3.8) is 0 Å². The van der Waals surface area contributed by atoms with E-state index in [4.69, 9.17) is 5.11 Å². The van der Waals surface area contributed by atoms with Gasteiger partial charge in [0, 0.05) is 17.6 Å². The molecule has 0 aliphatic carbocycles. The predicted octanol–water partition coefficient (Wildman–Crippen LogP) is 3.97. The first-order chi connectivity index (χ1) is 11.6. The van der Waals surface area contributed by atoms with Crippen molar-refractivity contribution in [1.29, 1.82) is 0 Å². The molecular formula is C18H16N4O2. The van der Waals surface area contributed by atoms with E-state index in [-0.39, 0.29) is 5.56 Å². The highest BCUT2D eigenvalue weighted by molar-refractivity contribution is 5.89. The number of aromatic nitrogens is 2. The highest BCUT2D eigenvalue weighted by Crippen LogP contribution is 2.19. The first kappa shape index (κ1) is 15.5. The van der Waals surface area contributed by atoms with Gasteiger partial charge in [-0.1, -0.05) is 18.2 Å². The van der Waals surface area contributed by atoms with Crippen molar-refractivity contribution in [1.82, 2.24) is 9.97 Å². The number of aryl methyl sites for hydroxylation is 1. The third-order valence-electron chi connectivity index (χ3n) is 3.31. The molecule has 24 heavy (non-hydrogen) atoms. The van der Waals surface area contributed by atoms with Gasteiger partial charge in [-0.2, -0.15) is 4.98 Å². The second kappa shape index (κ2) is 6.78. The molecular weight excluding hydrogens is 304 g/mol. The lowest BCUT2D eigenvalue weighted by atomic mass is 10.2. The normalized spacial score (nSPS) is 10.2. The Balaban J connectivity index is 1.78. The number of hydrogen-bond donors (Lipinski definition) is 3. The van der Waals surface area contributed by atoms with Crippen LogP contribution in [0.3, 0.4) is 0 Å². The maximum Gasteiger partial charge on any atom is 0.335 e. The number of aromatic carboxylic acids is 1. The average Bonchev–Trinajstić information content (AvgIpc) is 2.55. The molecule has 0 bridgehead atoms. The van der Waals surface area contributed by atoms with Gasteiger partial charge in [-0.25, -0.2) is 9.78 Å². The van der Waals surface area contributed by atoms with Crippen LogP contribution < -0.4 is 10.6 Å². The summed E-state index contributed by atoms with van der Waals surface area (Å²) in [6.45, 7) is 2.01. The molecule has 2 aromatic carbocycles. The predicted molar refractivity (Wildman–Crippen MR) is 93.2 cm³/mol.